The van der Waals surface area contributed by atoms with Crippen LogP contribution in [-0.2, 0) is 14.8 Å². The van der Waals surface area contributed by atoms with E-state index in [1.54, 1.807) is 11.2 Å². The number of hydrogen-bond donors (Lipinski definition) is 1. The lowest BCUT2D eigenvalue weighted by Crippen LogP contribution is -2.57. The Morgan fingerprint density at radius 1 is 1.08 bits per heavy atom. The summed E-state index contributed by atoms with van der Waals surface area (Å²) in [7, 11) is -3.12. The smallest absolute Gasteiger partial charge is 0.223 e. The van der Waals surface area contributed by atoms with Crippen molar-refractivity contribution in [3.05, 3.63) is 0 Å². The van der Waals surface area contributed by atoms with Crippen molar-refractivity contribution in [2.45, 2.75) is 71.3 Å². The Morgan fingerprint density at radius 2 is 1.58 bits per heavy atom. The van der Waals surface area contributed by atoms with Crippen LogP contribution in [0.3, 0.4) is 0 Å². The second-order valence-electron chi connectivity index (χ2n) is 9.58. The molecule has 1 amide bonds. The minimum atomic E-state index is -3.12. The Morgan fingerprint density at radius 3 is 2.04 bits per heavy atom. The normalized spacial score (nSPS) is 39.1. The van der Waals surface area contributed by atoms with Gasteiger partial charge in [0.1, 0.15) is 0 Å². The molecule has 1 aliphatic heterocycles. The third-order valence-electron chi connectivity index (χ3n) is 7.95. The van der Waals surface area contributed by atoms with Crippen molar-refractivity contribution in [1.82, 2.24) is 9.62 Å². The van der Waals surface area contributed by atoms with Crippen LogP contribution in [0.2, 0.25) is 0 Å². The Balaban J connectivity index is 1.34. The van der Waals surface area contributed by atoms with E-state index >= 15 is 0 Å². The van der Waals surface area contributed by atoms with Gasteiger partial charge in [0.15, 0.2) is 0 Å². The fourth-order valence-corrected chi connectivity index (χ4v) is 7.90. The summed E-state index contributed by atoms with van der Waals surface area (Å²) in [5, 5.41) is 3.37. The first kappa shape index (κ1) is 18.7. The van der Waals surface area contributed by atoms with Gasteiger partial charge in [0.25, 0.3) is 0 Å². The Labute approximate surface area is 158 Å². The van der Waals surface area contributed by atoms with Crippen molar-refractivity contribution >= 4 is 15.9 Å². The third kappa shape index (κ3) is 3.32. The second kappa shape index (κ2) is 6.77. The molecule has 1 atom stereocenters. The first-order chi connectivity index (χ1) is 12.3. The average Bonchev–Trinajstić information content (AvgIpc) is 2.60. The number of nitrogens with one attached hydrogen (secondary N) is 1. The minimum absolute atomic E-state index is 0.0327. The summed E-state index contributed by atoms with van der Waals surface area (Å²) in [5.41, 5.74) is 0.330. The van der Waals surface area contributed by atoms with Crippen LogP contribution in [0.4, 0.5) is 0 Å². The van der Waals surface area contributed by atoms with Gasteiger partial charge in [0.2, 0.25) is 15.9 Å². The summed E-state index contributed by atoms with van der Waals surface area (Å²) in [6, 6.07) is 0.251. The third-order valence-corrected chi connectivity index (χ3v) is 9.83. The molecule has 0 radical (unpaired) electrons. The molecule has 0 spiro atoms. The molecule has 1 heterocycles. The largest absolute Gasteiger partial charge is 0.353 e. The maximum atomic E-state index is 12.8. The first-order valence-corrected chi connectivity index (χ1v) is 12.2. The molecule has 5 fully saturated rings. The lowest BCUT2D eigenvalue weighted by Gasteiger charge is -2.59. The van der Waals surface area contributed by atoms with E-state index < -0.39 is 10.0 Å². The van der Waals surface area contributed by atoms with Gasteiger partial charge in [-0.05, 0) is 88.4 Å². The molecule has 5 nitrogen and oxygen atoms in total. The molecule has 6 heteroatoms. The van der Waals surface area contributed by atoms with E-state index in [0.717, 1.165) is 17.8 Å². The Kier molecular flexibility index (Phi) is 4.87. The minimum Gasteiger partial charge on any atom is -0.353 e. The van der Waals surface area contributed by atoms with Crippen molar-refractivity contribution in [3.8, 4) is 0 Å². The molecule has 1 saturated heterocycles. The summed E-state index contributed by atoms with van der Waals surface area (Å²) < 4.78 is 25.5. The number of piperidine rings is 1. The molecule has 4 bridgehead atoms. The molecule has 5 rings (SSSR count). The van der Waals surface area contributed by atoms with Gasteiger partial charge in [-0.3, -0.25) is 4.79 Å². The number of carbonyl (C=O) groups is 1. The van der Waals surface area contributed by atoms with Gasteiger partial charge in [0, 0.05) is 25.0 Å². The van der Waals surface area contributed by atoms with Crippen molar-refractivity contribution in [2.24, 2.45) is 29.1 Å². The van der Waals surface area contributed by atoms with Crippen molar-refractivity contribution in [1.29, 1.82) is 0 Å². The molecule has 4 aliphatic carbocycles. The standard InChI is InChI=1S/C20H34N2O3S/c1-3-26(24,25)22-6-4-18(5-7-22)19(23)21-14(2)20-11-15-8-16(12-20)10-17(9-15)13-20/h14-18H,3-13H2,1-2H3,(H,21,23). The van der Waals surface area contributed by atoms with Gasteiger partial charge in [0.05, 0.1) is 5.75 Å². The quantitative estimate of drug-likeness (QED) is 0.795. The fraction of sp³-hybridized carbons (Fsp3) is 0.950. The van der Waals surface area contributed by atoms with E-state index in [2.05, 4.69) is 12.2 Å². The highest BCUT2D eigenvalue weighted by Crippen LogP contribution is 2.61. The average molecular weight is 383 g/mol. The molecule has 26 heavy (non-hydrogen) atoms. The molecule has 148 valence electrons. The predicted octanol–water partition coefficient (Wildman–Crippen LogP) is 2.77. The number of hydrogen-bond acceptors (Lipinski definition) is 3. The highest BCUT2D eigenvalue weighted by atomic mass is 32.2. The van der Waals surface area contributed by atoms with Crippen LogP contribution in [0.5, 0.6) is 0 Å². The van der Waals surface area contributed by atoms with Gasteiger partial charge in [-0.25, -0.2) is 12.7 Å². The molecular formula is C20H34N2O3S. The van der Waals surface area contributed by atoms with Crippen LogP contribution < -0.4 is 5.32 Å². The maximum absolute atomic E-state index is 12.8. The second-order valence-corrected chi connectivity index (χ2v) is 11.8. The monoisotopic (exact) mass is 382 g/mol. The lowest BCUT2D eigenvalue weighted by molar-refractivity contribution is -0.130. The van der Waals surface area contributed by atoms with E-state index in [1.807, 2.05) is 0 Å². The number of rotatable bonds is 5. The van der Waals surface area contributed by atoms with E-state index in [1.165, 1.54) is 38.5 Å². The topological polar surface area (TPSA) is 66.5 Å². The summed E-state index contributed by atoms with van der Waals surface area (Å²) in [4.78, 5) is 12.8. The zero-order chi connectivity index (χ0) is 18.5. The maximum Gasteiger partial charge on any atom is 0.223 e. The zero-order valence-electron chi connectivity index (χ0n) is 16.2. The van der Waals surface area contributed by atoms with E-state index in [4.69, 9.17) is 0 Å². The highest BCUT2D eigenvalue weighted by molar-refractivity contribution is 7.89. The van der Waals surface area contributed by atoms with Crippen LogP contribution in [0.25, 0.3) is 0 Å². The summed E-state index contributed by atoms with van der Waals surface area (Å²) in [6.45, 7) is 4.88. The SMILES string of the molecule is CCS(=O)(=O)N1CCC(C(=O)NC(C)C23CC4CC(CC(C4)C2)C3)CC1. The molecule has 0 aromatic carbocycles. The van der Waals surface area contributed by atoms with Crippen LogP contribution >= 0.6 is 0 Å². The molecular weight excluding hydrogens is 348 g/mol. The molecule has 1 unspecified atom stereocenters. The summed E-state index contributed by atoms with van der Waals surface area (Å²) in [6.07, 6.45) is 9.46. The van der Waals surface area contributed by atoms with E-state index in [0.29, 0.717) is 31.3 Å². The molecule has 5 aliphatic rings. The van der Waals surface area contributed by atoms with Crippen molar-refractivity contribution < 1.29 is 13.2 Å². The van der Waals surface area contributed by atoms with Gasteiger partial charge < -0.3 is 5.32 Å². The van der Waals surface area contributed by atoms with Crippen molar-refractivity contribution in [2.75, 3.05) is 18.8 Å². The molecule has 1 N–H and O–H groups in total. The number of nitrogens with zero attached hydrogens (tertiary/aromatic N) is 1. The first-order valence-electron chi connectivity index (χ1n) is 10.6. The van der Waals surface area contributed by atoms with Gasteiger partial charge in [-0.15, -0.1) is 0 Å². The number of amides is 1. The highest BCUT2D eigenvalue weighted by Gasteiger charge is 2.53. The molecule has 4 saturated carbocycles. The number of carbonyl (C=O) groups excluding carboxylic acids is 1. The van der Waals surface area contributed by atoms with Gasteiger partial charge in [-0.2, -0.15) is 0 Å². The van der Waals surface area contributed by atoms with Crippen LogP contribution in [0.1, 0.15) is 65.2 Å². The zero-order valence-corrected chi connectivity index (χ0v) is 17.1. The van der Waals surface area contributed by atoms with Crippen molar-refractivity contribution in [3.63, 3.8) is 0 Å². The van der Waals surface area contributed by atoms with Crippen LogP contribution in [0, 0.1) is 29.1 Å². The van der Waals surface area contributed by atoms with E-state index in [-0.39, 0.29) is 23.6 Å². The van der Waals surface area contributed by atoms with Gasteiger partial charge in [-0.1, -0.05) is 0 Å². The molecule has 0 aromatic heterocycles. The predicted molar refractivity (Wildman–Crippen MR) is 102 cm³/mol. The van der Waals surface area contributed by atoms with Gasteiger partial charge >= 0.3 is 0 Å². The van der Waals surface area contributed by atoms with Crippen LogP contribution in [-0.4, -0.2) is 43.5 Å². The van der Waals surface area contributed by atoms with E-state index in [9.17, 15) is 13.2 Å². The fourth-order valence-electron chi connectivity index (χ4n) is 6.77. The summed E-state index contributed by atoms with van der Waals surface area (Å²) >= 11 is 0. The lowest BCUT2D eigenvalue weighted by atomic mass is 9.48. The Bertz CT molecular complexity index is 617. The molecule has 0 aromatic rings. The summed E-state index contributed by atoms with van der Waals surface area (Å²) in [5.74, 6) is 2.94. The Hall–Kier alpha value is -0.620. The number of sulfonamides is 1. The van der Waals surface area contributed by atoms with Crippen LogP contribution in [0.15, 0.2) is 0 Å².